The predicted octanol–water partition coefficient (Wildman–Crippen LogP) is 4.37. The van der Waals surface area contributed by atoms with Gasteiger partial charge in [-0.25, -0.2) is 14.2 Å². The summed E-state index contributed by atoms with van der Waals surface area (Å²) in [5, 5.41) is 8.16. The maximum atomic E-state index is 15.2. The standard InChI is InChI=1S/C15H13BrFNO3S/c1-3-7-5-4-6-8-9(7)10-11(15(2,17)14(16)21-8)22-12(18-10)13(19)20/h4-6,14H,3H2,1-2H3,(H,19,20). The molecule has 2 unspecified atom stereocenters. The molecule has 1 N–H and O–H groups in total. The molecule has 4 nitrogen and oxygen atoms in total. The highest BCUT2D eigenvalue weighted by molar-refractivity contribution is 9.09. The number of aromatic carboxylic acids is 1. The zero-order valence-electron chi connectivity index (χ0n) is 11.9. The fraction of sp³-hybridized carbons (Fsp3) is 0.333. The summed E-state index contributed by atoms with van der Waals surface area (Å²) in [6.07, 6.45) is 0.710. The van der Waals surface area contributed by atoms with E-state index in [4.69, 9.17) is 4.74 Å². The van der Waals surface area contributed by atoms with E-state index in [-0.39, 0.29) is 9.88 Å². The molecule has 0 saturated heterocycles. The third kappa shape index (κ3) is 2.23. The van der Waals surface area contributed by atoms with Crippen LogP contribution in [0, 0.1) is 0 Å². The molecule has 2 aromatic rings. The van der Waals surface area contributed by atoms with Crippen molar-refractivity contribution in [3.8, 4) is 17.0 Å². The highest BCUT2D eigenvalue weighted by Gasteiger charge is 2.45. The van der Waals surface area contributed by atoms with Crippen LogP contribution in [0.3, 0.4) is 0 Å². The third-order valence-corrected chi connectivity index (χ3v) is 5.94. The van der Waals surface area contributed by atoms with Crippen LogP contribution in [-0.2, 0) is 12.1 Å². The van der Waals surface area contributed by atoms with Gasteiger partial charge in [0, 0.05) is 5.56 Å². The first kappa shape index (κ1) is 15.4. The summed E-state index contributed by atoms with van der Waals surface area (Å²) in [5.41, 5.74) is 0.0971. The van der Waals surface area contributed by atoms with Gasteiger partial charge in [0.15, 0.2) is 10.7 Å². The summed E-state index contributed by atoms with van der Waals surface area (Å²) in [6, 6.07) is 5.49. The van der Waals surface area contributed by atoms with Crippen molar-refractivity contribution in [1.82, 2.24) is 4.98 Å². The van der Waals surface area contributed by atoms with E-state index in [2.05, 4.69) is 20.9 Å². The molecule has 0 aliphatic carbocycles. The van der Waals surface area contributed by atoms with Gasteiger partial charge in [-0.3, -0.25) is 0 Å². The van der Waals surface area contributed by atoms with Crippen molar-refractivity contribution in [3.63, 3.8) is 0 Å². The zero-order chi connectivity index (χ0) is 16.1. The Kier molecular flexibility index (Phi) is 3.72. The molecule has 0 saturated carbocycles. The lowest BCUT2D eigenvalue weighted by Gasteiger charge is -2.23. The van der Waals surface area contributed by atoms with Gasteiger partial charge in [-0.2, -0.15) is 0 Å². The van der Waals surface area contributed by atoms with E-state index < -0.39 is 16.7 Å². The van der Waals surface area contributed by atoms with Crippen LogP contribution in [-0.4, -0.2) is 21.1 Å². The highest BCUT2D eigenvalue weighted by Crippen LogP contribution is 2.50. The minimum Gasteiger partial charge on any atom is -0.476 e. The van der Waals surface area contributed by atoms with E-state index >= 15 is 4.39 Å². The van der Waals surface area contributed by atoms with Crippen molar-refractivity contribution in [2.75, 3.05) is 0 Å². The molecule has 3 rings (SSSR count). The Morgan fingerprint density at radius 3 is 2.95 bits per heavy atom. The van der Waals surface area contributed by atoms with E-state index in [1.54, 1.807) is 6.07 Å². The molecule has 1 aromatic heterocycles. The number of benzene rings is 1. The topological polar surface area (TPSA) is 59.4 Å². The summed E-state index contributed by atoms with van der Waals surface area (Å²) in [4.78, 5) is 15.7. The summed E-state index contributed by atoms with van der Waals surface area (Å²) in [5.74, 6) is -0.650. The van der Waals surface area contributed by atoms with E-state index in [1.165, 1.54) is 6.92 Å². The van der Waals surface area contributed by atoms with Crippen LogP contribution < -0.4 is 4.74 Å². The number of rotatable bonds is 2. The number of carboxylic acid groups (broad SMARTS) is 1. The number of fused-ring (bicyclic) bond motifs is 3. The normalized spacial score (nSPS) is 23.2. The second-order valence-electron chi connectivity index (χ2n) is 5.16. The molecule has 0 amide bonds. The van der Waals surface area contributed by atoms with Crippen molar-refractivity contribution in [2.45, 2.75) is 31.0 Å². The lowest BCUT2D eigenvalue weighted by Crippen LogP contribution is -2.30. The molecular weight excluding hydrogens is 373 g/mol. The predicted molar refractivity (Wildman–Crippen MR) is 85.7 cm³/mol. The molecular formula is C15H13BrFNO3S. The smallest absolute Gasteiger partial charge is 0.365 e. The Labute approximate surface area is 139 Å². The van der Waals surface area contributed by atoms with Crippen molar-refractivity contribution >= 4 is 33.2 Å². The number of hydrogen-bond donors (Lipinski definition) is 1. The first-order valence-corrected chi connectivity index (χ1v) is 8.46. The number of hydrogen-bond acceptors (Lipinski definition) is 4. The summed E-state index contributed by atoms with van der Waals surface area (Å²) in [7, 11) is 0. The van der Waals surface area contributed by atoms with Gasteiger partial charge in [-0.15, -0.1) is 11.3 Å². The second kappa shape index (κ2) is 5.31. The quantitative estimate of drug-likeness (QED) is 0.779. The van der Waals surface area contributed by atoms with E-state index in [0.717, 1.165) is 16.9 Å². The average Bonchev–Trinajstić information content (AvgIpc) is 2.89. The van der Waals surface area contributed by atoms with E-state index in [0.29, 0.717) is 23.4 Å². The number of aromatic nitrogens is 1. The van der Waals surface area contributed by atoms with Gasteiger partial charge in [0.05, 0.1) is 10.6 Å². The van der Waals surface area contributed by atoms with Crippen LogP contribution in [0.2, 0.25) is 0 Å². The van der Waals surface area contributed by atoms with Crippen molar-refractivity contribution in [2.24, 2.45) is 0 Å². The molecule has 1 aliphatic heterocycles. The summed E-state index contributed by atoms with van der Waals surface area (Å²) in [6.45, 7) is 3.34. The molecule has 2 heterocycles. The summed E-state index contributed by atoms with van der Waals surface area (Å²) >= 11 is 4.08. The number of thiazole rings is 1. The van der Waals surface area contributed by atoms with Crippen LogP contribution in [0.25, 0.3) is 11.3 Å². The number of halogens is 2. The Morgan fingerprint density at radius 2 is 2.32 bits per heavy atom. The van der Waals surface area contributed by atoms with Crippen molar-refractivity contribution < 1.29 is 19.0 Å². The molecule has 7 heteroatoms. The average molecular weight is 386 g/mol. The van der Waals surface area contributed by atoms with Gasteiger partial charge in [0.25, 0.3) is 0 Å². The van der Waals surface area contributed by atoms with Gasteiger partial charge >= 0.3 is 5.97 Å². The van der Waals surface area contributed by atoms with Gasteiger partial charge < -0.3 is 9.84 Å². The van der Waals surface area contributed by atoms with Crippen molar-refractivity contribution in [1.29, 1.82) is 0 Å². The fourth-order valence-corrected chi connectivity index (χ4v) is 4.03. The lowest BCUT2D eigenvalue weighted by molar-refractivity contribution is 0.0696. The maximum absolute atomic E-state index is 15.2. The monoisotopic (exact) mass is 385 g/mol. The number of carboxylic acids is 1. The molecule has 0 spiro atoms. The lowest BCUT2D eigenvalue weighted by atomic mass is 9.98. The van der Waals surface area contributed by atoms with Gasteiger partial charge in [-0.1, -0.05) is 19.1 Å². The van der Waals surface area contributed by atoms with Gasteiger partial charge in [0.2, 0.25) is 5.01 Å². The number of aryl methyl sites for hydroxylation is 1. The van der Waals surface area contributed by atoms with Gasteiger partial charge in [-0.05, 0) is 40.9 Å². The first-order valence-electron chi connectivity index (χ1n) is 6.72. The van der Waals surface area contributed by atoms with Crippen LogP contribution in [0.1, 0.15) is 34.1 Å². The fourth-order valence-electron chi connectivity index (χ4n) is 2.48. The molecule has 116 valence electrons. The minimum atomic E-state index is -1.88. The van der Waals surface area contributed by atoms with Crippen LogP contribution in [0.4, 0.5) is 4.39 Å². The Morgan fingerprint density at radius 1 is 1.59 bits per heavy atom. The first-order chi connectivity index (χ1) is 10.4. The number of ether oxygens (including phenoxy) is 1. The van der Waals surface area contributed by atoms with Gasteiger partial charge in [0.1, 0.15) is 5.75 Å². The zero-order valence-corrected chi connectivity index (χ0v) is 14.3. The van der Waals surface area contributed by atoms with Crippen LogP contribution in [0.15, 0.2) is 18.2 Å². The molecule has 1 aliphatic rings. The van der Waals surface area contributed by atoms with Crippen molar-refractivity contribution in [3.05, 3.63) is 33.6 Å². The Hall–Kier alpha value is -1.47. The Balaban J connectivity index is 2.37. The second-order valence-corrected chi connectivity index (χ2v) is 6.99. The Bertz CT molecular complexity index is 759. The number of carbonyl (C=O) groups is 1. The van der Waals surface area contributed by atoms with E-state index in [9.17, 15) is 9.90 Å². The molecule has 0 bridgehead atoms. The minimum absolute atomic E-state index is 0.118. The SMILES string of the molecule is CCc1cccc2c1-c1nc(C(=O)O)sc1C(C)(F)C(Br)O2. The van der Waals surface area contributed by atoms with E-state index in [1.807, 2.05) is 19.1 Å². The largest absolute Gasteiger partial charge is 0.476 e. The molecule has 0 radical (unpaired) electrons. The third-order valence-electron chi connectivity index (χ3n) is 3.64. The highest BCUT2D eigenvalue weighted by atomic mass is 79.9. The summed E-state index contributed by atoms with van der Waals surface area (Å²) < 4.78 is 20.9. The van der Waals surface area contributed by atoms with Crippen LogP contribution in [0.5, 0.6) is 5.75 Å². The van der Waals surface area contributed by atoms with Crippen LogP contribution >= 0.6 is 27.3 Å². The number of nitrogens with zero attached hydrogens (tertiary/aromatic N) is 1. The molecule has 0 fully saturated rings. The molecule has 1 aromatic carbocycles. The molecule has 2 atom stereocenters. The number of alkyl halides is 2. The maximum Gasteiger partial charge on any atom is 0.365 e. The molecule has 22 heavy (non-hydrogen) atoms.